The zero-order chi connectivity index (χ0) is 23.9. The third-order valence-electron chi connectivity index (χ3n) is 5.38. The van der Waals surface area contributed by atoms with Crippen LogP contribution in [-0.4, -0.2) is 18.9 Å². The number of halogens is 1. The Balaban J connectivity index is 1.63. The molecule has 0 atom stereocenters. The van der Waals surface area contributed by atoms with Gasteiger partial charge >= 0.3 is 4.87 Å². The van der Waals surface area contributed by atoms with Gasteiger partial charge in [0.2, 0.25) is 0 Å². The quantitative estimate of drug-likeness (QED) is 0.405. The lowest BCUT2D eigenvalue weighted by molar-refractivity contribution is 0.102. The summed E-state index contributed by atoms with van der Waals surface area (Å²) in [6.07, 6.45) is 0. The Kier molecular flexibility index (Phi) is 6.04. The van der Waals surface area contributed by atoms with Crippen molar-refractivity contribution in [3.05, 3.63) is 86.0 Å². The summed E-state index contributed by atoms with van der Waals surface area (Å²) in [6.45, 7) is 3.70. The number of aromatic nitrogens is 1. The number of hydrogen-bond acceptors (Lipinski definition) is 5. The van der Waals surface area contributed by atoms with Crippen LogP contribution >= 0.6 is 22.9 Å². The summed E-state index contributed by atoms with van der Waals surface area (Å²) in [6, 6.07) is 14.5. The van der Waals surface area contributed by atoms with Gasteiger partial charge in [0.15, 0.2) is 0 Å². The highest BCUT2D eigenvalue weighted by molar-refractivity contribution is 7.92. The van der Waals surface area contributed by atoms with Crippen LogP contribution in [0.4, 0.5) is 11.4 Å². The summed E-state index contributed by atoms with van der Waals surface area (Å²) in [5, 5.41) is 2.74. The summed E-state index contributed by atoms with van der Waals surface area (Å²) < 4.78 is 30.9. The standard InChI is InChI=1S/C23H20ClN3O4S2/c1-13-5-4-6-18(14(13)2)26-33(30,31)21-11-15(7-9-17(21)24)22(28)25-16-8-10-19-20(12-16)32-23(29)27(19)3/h4-12,26H,1-3H3,(H,25,28). The summed E-state index contributed by atoms with van der Waals surface area (Å²) in [5.74, 6) is -0.502. The Morgan fingerprint density at radius 1 is 1.06 bits per heavy atom. The molecule has 0 unspecified atom stereocenters. The van der Waals surface area contributed by atoms with Gasteiger partial charge in [-0.3, -0.25) is 14.3 Å². The third-order valence-corrected chi connectivity index (χ3v) is 8.22. The minimum atomic E-state index is -4.04. The van der Waals surface area contributed by atoms with Crippen molar-refractivity contribution in [2.75, 3.05) is 10.0 Å². The first-order valence-corrected chi connectivity index (χ1v) is 12.5. The number of rotatable bonds is 5. The van der Waals surface area contributed by atoms with Gasteiger partial charge in [-0.15, -0.1) is 0 Å². The second-order valence-electron chi connectivity index (χ2n) is 7.56. The topological polar surface area (TPSA) is 97.3 Å². The number of amides is 1. The number of hydrogen-bond donors (Lipinski definition) is 2. The molecule has 1 amide bonds. The highest BCUT2D eigenvalue weighted by Gasteiger charge is 2.21. The number of nitrogens with zero attached hydrogens (tertiary/aromatic N) is 1. The zero-order valence-corrected chi connectivity index (χ0v) is 20.4. The van der Waals surface area contributed by atoms with E-state index in [-0.39, 0.29) is 20.4 Å². The Morgan fingerprint density at radius 3 is 2.58 bits per heavy atom. The van der Waals surface area contributed by atoms with Crippen LogP contribution in [-0.2, 0) is 17.1 Å². The summed E-state index contributed by atoms with van der Waals surface area (Å²) in [5.41, 5.74) is 3.56. The van der Waals surface area contributed by atoms with Gasteiger partial charge in [0.1, 0.15) is 4.90 Å². The van der Waals surface area contributed by atoms with Gasteiger partial charge in [-0.25, -0.2) is 8.42 Å². The van der Waals surface area contributed by atoms with Gasteiger partial charge in [0, 0.05) is 18.3 Å². The van der Waals surface area contributed by atoms with Gasteiger partial charge in [0.05, 0.1) is 20.9 Å². The number of anilines is 2. The number of thiazole rings is 1. The van der Waals surface area contributed by atoms with E-state index in [0.717, 1.165) is 32.7 Å². The fourth-order valence-corrected chi connectivity index (χ4v) is 5.90. The molecule has 3 aromatic carbocycles. The van der Waals surface area contributed by atoms with Gasteiger partial charge in [-0.05, 0) is 67.4 Å². The van der Waals surface area contributed by atoms with Crippen LogP contribution in [0.5, 0.6) is 0 Å². The third kappa shape index (κ3) is 4.52. The van der Waals surface area contributed by atoms with E-state index in [4.69, 9.17) is 11.6 Å². The van der Waals surface area contributed by atoms with E-state index in [1.165, 1.54) is 22.8 Å². The van der Waals surface area contributed by atoms with Gasteiger partial charge in [-0.1, -0.05) is 35.1 Å². The monoisotopic (exact) mass is 501 g/mol. The van der Waals surface area contributed by atoms with Crippen LogP contribution in [0, 0.1) is 13.8 Å². The molecule has 1 aromatic heterocycles. The molecule has 0 aliphatic carbocycles. The number of nitrogens with one attached hydrogen (secondary N) is 2. The second-order valence-corrected chi connectivity index (χ2v) is 10.6. The highest BCUT2D eigenvalue weighted by Crippen LogP contribution is 2.28. The molecule has 33 heavy (non-hydrogen) atoms. The lowest BCUT2D eigenvalue weighted by Gasteiger charge is -2.14. The van der Waals surface area contributed by atoms with E-state index < -0.39 is 15.9 Å². The van der Waals surface area contributed by atoms with Crippen LogP contribution in [0.2, 0.25) is 5.02 Å². The fourth-order valence-electron chi connectivity index (χ4n) is 3.33. The molecule has 0 aliphatic heterocycles. The lowest BCUT2D eigenvalue weighted by atomic mass is 10.1. The van der Waals surface area contributed by atoms with E-state index >= 15 is 0 Å². The van der Waals surface area contributed by atoms with Crippen molar-refractivity contribution >= 4 is 60.5 Å². The Morgan fingerprint density at radius 2 is 1.82 bits per heavy atom. The molecular formula is C23H20ClN3O4S2. The van der Waals surface area contributed by atoms with Crippen LogP contribution in [0.15, 0.2) is 64.3 Å². The first-order chi connectivity index (χ1) is 15.6. The number of aryl methyl sites for hydroxylation is 2. The number of sulfonamides is 1. The number of benzene rings is 3. The summed E-state index contributed by atoms with van der Waals surface area (Å²) in [7, 11) is -2.36. The first kappa shape index (κ1) is 23.0. The molecule has 2 N–H and O–H groups in total. The van der Waals surface area contributed by atoms with E-state index in [1.807, 2.05) is 19.9 Å². The maximum absolute atomic E-state index is 13.0. The van der Waals surface area contributed by atoms with Crippen molar-refractivity contribution in [3.8, 4) is 0 Å². The molecule has 0 aliphatic rings. The Labute approximate surface area is 199 Å². The fraction of sp³-hybridized carbons (Fsp3) is 0.130. The minimum Gasteiger partial charge on any atom is -0.322 e. The molecule has 4 aromatic rings. The van der Waals surface area contributed by atoms with Crippen LogP contribution in [0.1, 0.15) is 21.5 Å². The normalized spacial score (nSPS) is 11.5. The van der Waals surface area contributed by atoms with Gasteiger partial charge in [0.25, 0.3) is 15.9 Å². The molecule has 10 heteroatoms. The lowest BCUT2D eigenvalue weighted by Crippen LogP contribution is -2.17. The van der Waals surface area contributed by atoms with Crippen molar-refractivity contribution in [1.29, 1.82) is 0 Å². The molecule has 0 saturated heterocycles. The van der Waals surface area contributed by atoms with E-state index in [1.54, 1.807) is 37.4 Å². The van der Waals surface area contributed by atoms with E-state index in [2.05, 4.69) is 10.0 Å². The number of carbonyl (C=O) groups excluding carboxylic acids is 1. The van der Waals surface area contributed by atoms with Crippen molar-refractivity contribution in [1.82, 2.24) is 4.57 Å². The minimum absolute atomic E-state index is 0.000151. The average Bonchev–Trinajstić information content (AvgIpc) is 3.04. The van der Waals surface area contributed by atoms with Crippen LogP contribution < -0.4 is 14.9 Å². The van der Waals surface area contributed by atoms with Crippen molar-refractivity contribution < 1.29 is 13.2 Å². The molecule has 0 radical (unpaired) electrons. The average molecular weight is 502 g/mol. The maximum atomic E-state index is 13.0. The van der Waals surface area contributed by atoms with Crippen molar-refractivity contribution in [2.45, 2.75) is 18.7 Å². The zero-order valence-electron chi connectivity index (χ0n) is 18.0. The van der Waals surface area contributed by atoms with Crippen molar-refractivity contribution in [2.24, 2.45) is 7.05 Å². The van der Waals surface area contributed by atoms with E-state index in [9.17, 15) is 18.0 Å². The smallest absolute Gasteiger partial charge is 0.307 e. The predicted octanol–water partition coefficient (Wildman–Crippen LogP) is 4.92. The molecule has 1 heterocycles. The predicted molar refractivity (Wildman–Crippen MR) is 133 cm³/mol. The molecule has 7 nitrogen and oxygen atoms in total. The SMILES string of the molecule is Cc1cccc(NS(=O)(=O)c2cc(C(=O)Nc3ccc4c(c3)sc(=O)n4C)ccc2Cl)c1C. The Bertz CT molecular complexity index is 1570. The summed E-state index contributed by atoms with van der Waals surface area (Å²) in [4.78, 5) is 24.4. The number of carbonyl (C=O) groups is 1. The largest absolute Gasteiger partial charge is 0.322 e. The summed E-state index contributed by atoms with van der Waals surface area (Å²) >= 11 is 7.26. The van der Waals surface area contributed by atoms with Crippen LogP contribution in [0.25, 0.3) is 10.2 Å². The van der Waals surface area contributed by atoms with Crippen LogP contribution in [0.3, 0.4) is 0 Å². The van der Waals surface area contributed by atoms with E-state index in [0.29, 0.717) is 11.4 Å². The molecule has 0 saturated carbocycles. The molecule has 4 rings (SSSR count). The molecule has 170 valence electrons. The molecule has 0 spiro atoms. The first-order valence-electron chi connectivity index (χ1n) is 9.86. The Hall–Kier alpha value is -3.14. The maximum Gasteiger partial charge on any atom is 0.307 e. The highest BCUT2D eigenvalue weighted by atomic mass is 35.5. The second kappa shape index (κ2) is 8.66. The van der Waals surface area contributed by atoms with Gasteiger partial charge in [-0.2, -0.15) is 0 Å². The number of fused-ring (bicyclic) bond motifs is 1. The van der Waals surface area contributed by atoms with Crippen molar-refractivity contribution in [3.63, 3.8) is 0 Å². The molecule has 0 fully saturated rings. The molecular weight excluding hydrogens is 482 g/mol. The molecule has 0 bridgehead atoms. The van der Waals surface area contributed by atoms with Gasteiger partial charge < -0.3 is 9.88 Å².